The quantitative estimate of drug-likeness (QED) is 0.250. The highest BCUT2D eigenvalue weighted by Crippen LogP contribution is 2.58. The van der Waals surface area contributed by atoms with E-state index in [1.807, 2.05) is 77.7 Å². The average Bonchev–Trinajstić information content (AvgIpc) is 3.52. The first kappa shape index (κ1) is 27.2. The van der Waals surface area contributed by atoms with Gasteiger partial charge in [0.1, 0.15) is 11.5 Å². The average molecular weight is 636 g/mol. The predicted molar refractivity (Wildman–Crippen MR) is 168 cm³/mol. The second kappa shape index (κ2) is 10.2. The number of nitrogens with zero attached hydrogens (tertiary/aromatic N) is 1. The lowest BCUT2D eigenvalue weighted by Crippen LogP contribution is -2.51. The number of hydrogen-bond donors (Lipinski definition) is 1. The third-order valence-electron chi connectivity index (χ3n) is 8.89. The Morgan fingerprint density at radius 3 is 2.30 bits per heavy atom. The third-order valence-corrected chi connectivity index (χ3v) is 9.42. The van der Waals surface area contributed by atoms with Crippen LogP contribution in [0.2, 0.25) is 0 Å². The molecular formula is C35H27BrN2O5. The van der Waals surface area contributed by atoms with Gasteiger partial charge in [-0.3, -0.25) is 14.4 Å². The molecule has 0 aliphatic carbocycles. The maximum atomic E-state index is 15.0. The van der Waals surface area contributed by atoms with Crippen LogP contribution < -0.4 is 19.7 Å². The molecule has 3 aliphatic rings. The second-order valence-corrected chi connectivity index (χ2v) is 11.8. The molecule has 7 rings (SSSR count). The van der Waals surface area contributed by atoms with E-state index in [1.165, 1.54) is 14.2 Å². The largest absolute Gasteiger partial charge is 0.493 e. The smallest absolute Gasteiger partial charge is 0.238 e. The normalized spacial score (nSPS) is 22.9. The van der Waals surface area contributed by atoms with Gasteiger partial charge in [-0.2, -0.15) is 0 Å². The SMILES string of the molecule is COc1ccc(C(=O)[C@H]2[C@H](C(=O)c3ccc(Br)cc3)N3c4ccccc4C=C[C@@H]3[C@]23C(=O)Nc2ccccc23)cc1OC. The minimum Gasteiger partial charge on any atom is -0.493 e. The van der Waals surface area contributed by atoms with Crippen molar-refractivity contribution in [1.29, 1.82) is 0 Å². The number of methoxy groups -OCH3 is 2. The van der Waals surface area contributed by atoms with Crippen molar-refractivity contribution in [3.05, 3.63) is 124 Å². The standard InChI is InChI=1S/C35H27BrN2O5/c1-42-27-17-13-22(19-28(27)43-2)32(39)30-31(33(40)21-11-15-23(36)16-12-21)38-26-10-6-3-7-20(26)14-18-29(38)35(30)24-8-4-5-9-25(24)37-34(35)41/h3-19,29-31H,1-2H3,(H,37,41)/t29-,30-,31-,35+/m1/s1. The van der Waals surface area contributed by atoms with Gasteiger partial charge in [0, 0.05) is 27.0 Å². The number of carbonyl (C=O) groups excluding carboxylic acids is 3. The number of hydrogen-bond acceptors (Lipinski definition) is 6. The molecule has 4 aromatic rings. The molecule has 4 atom stereocenters. The molecule has 1 spiro atoms. The van der Waals surface area contributed by atoms with Crippen LogP contribution in [0, 0.1) is 5.92 Å². The Bertz CT molecular complexity index is 1830. The highest BCUT2D eigenvalue weighted by atomic mass is 79.9. The van der Waals surface area contributed by atoms with Gasteiger partial charge in [0.15, 0.2) is 23.1 Å². The number of anilines is 2. The van der Waals surface area contributed by atoms with Crippen LogP contribution in [0.3, 0.4) is 0 Å². The minimum atomic E-state index is -1.39. The Hall–Kier alpha value is -4.69. The number of para-hydroxylation sites is 2. The molecule has 1 saturated heterocycles. The summed E-state index contributed by atoms with van der Waals surface area (Å²) in [7, 11) is 3.03. The van der Waals surface area contributed by atoms with E-state index in [9.17, 15) is 9.59 Å². The Morgan fingerprint density at radius 2 is 1.53 bits per heavy atom. The Balaban J connectivity index is 1.52. The summed E-state index contributed by atoms with van der Waals surface area (Å²) in [6.07, 6.45) is 3.95. The van der Waals surface area contributed by atoms with Crippen LogP contribution in [-0.2, 0) is 10.2 Å². The van der Waals surface area contributed by atoms with Gasteiger partial charge < -0.3 is 19.7 Å². The lowest BCUT2D eigenvalue weighted by atomic mass is 9.64. The van der Waals surface area contributed by atoms with Crippen molar-refractivity contribution < 1.29 is 23.9 Å². The van der Waals surface area contributed by atoms with Crippen molar-refractivity contribution in [2.24, 2.45) is 5.92 Å². The molecule has 8 heteroatoms. The molecule has 43 heavy (non-hydrogen) atoms. The highest BCUT2D eigenvalue weighted by Gasteiger charge is 2.70. The molecule has 1 fully saturated rings. The van der Waals surface area contributed by atoms with Crippen molar-refractivity contribution >= 4 is 50.9 Å². The summed E-state index contributed by atoms with van der Waals surface area (Å²) in [6.45, 7) is 0. The van der Waals surface area contributed by atoms with Gasteiger partial charge in [-0.25, -0.2) is 0 Å². The second-order valence-electron chi connectivity index (χ2n) is 10.9. The van der Waals surface area contributed by atoms with Crippen LogP contribution in [0.1, 0.15) is 31.8 Å². The van der Waals surface area contributed by atoms with E-state index < -0.39 is 23.4 Å². The van der Waals surface area contributed by atoms with Gasteiger partial charge in [0.05, 0.1) is 26.2 Å². The molecule has 214 valence electrons. The summed E-state index contributed by atoms with van der Waals surface area (Å²) < 4.78 is 11.8. The van der Waals surface area contributed by atoms with Gasteiger partial charge in [-0.05, 0) is 53.6 Å². The molecular weight excluding hydrogens is 608 g/mol. The van der Waals surface area contributed by atoms with E-state index in [1.54, 1.807) is 30.3 Å². The van der Waals surface area contributed by atoms with Crippen LogP contribution in [0.4, 0.5) is 11.4 Å². The summed E-state index contributed by atoms with van der Waals surface area (Å²) in [6, 6.07) is 25.7. The minimum absolute atomic E-state index is 0.240. The van der Waals surface area contributed by atoms with Crippen molar-refractivity contribution in [1.82, 2.24) is 0 Å². The number of halogens is 1. The van der Waals surface area contributed by atoms with Gasteiger partial charge in [-0.1, -0.05) is 76.6 Å². The van der Waals surface area contributed by atoms with Crippen LogP contribution in [0.5, 0.6) is 11.5 Å². The summed E-state index contributed by atoms with van der Waals surface area (Å²) in [4.78, 5) is 46.2. The lowest BCUT2D eigenvalue weighted by molar-refractivity contribution is -0.121. The number of rotatable bonds is 6. The monoisotopic (exact) mass is 634 g/mol. The topological polar surface area (TPSA) is 84.9 Å². The fraction of sp³-hybridized carbons (Fsp3) is 0.171. The fourth-order valence-electron chi connectivity index (χ4n) is 7.07. The first-order chi connectivity index (χ1) is 20.9. The lowest BCUT2D eigenvalue weighted by Gasteiger charge is -2.37. The molecule has 1 amide bonds. The maximum absolute atomic E-state index is 15.0. The Labute approximate surface area is 257 Å². The van der Waals surface area contributed by atoms with Gasteiger partial charge in [-0.15, -0.1) is 0 Å². The number of carbonyl (C=O) groups is 3. The molecule has 0 radical (unpaired) electrons. The molecule has 3 heterocycles. The van der Waals surface area contributed by atoms with E-state index in [2.05, 4.69) is 21.2 Å². The highest BCUT2D eigenvalue weighted by molar-refractivity contribution is 9.10. The summed E-state index contributed by atoms with van der Waals surface area (Å²) in [5, 5.41) is 3.06. The number of amides is 1. The predicted octanol–water partition coefficient (Wildman–Crippen LogP) is 6.32. The summed E-state index contributed by atoms with van der Waals surface area (Å²) in [5.74, 6) is -1.10. The molecule has 0 saturated carbocycles. The van der Waals surface area contributed by atoms with Crippen molar-refractivity contribution in [2.45, 2.75) is 17.5 Å². The fourth-order valence-corrected chi connectivity index (χ4v) is 7.34. The number of ether oxygens (including phenoxy) is 2. The summed E-state index contributed by atoms with van der Waals surface area (Å²) >= 11 is 3.46. The van der Waals surface area contributed by atoms with Gasteiger partial charge in [0.25, 0.3) is 0 Å². The van der Waals surface area contributed by atoms with Crippen LogP contribution in [0.15, 0.2) is 102 Å². The van der Waals surface area contributed by atoms with E-state index in [0.29, 0.717) is 33.9 Å². The number of Topliss-reactive ketones (excluding diaryl/α,β-unsaturated/α-hetero) is 2. The number of nitrogens with one attached hydrogen (secondary N) is 1. The zero-order valence-electron chi connectivity index (χ0n) is 23.4. The Kier molecular flexibility index (Phi) is 6.47. The van der Waals surface area contributed by atoms with Gasteiger partial charge >= 0.3 is 0 Å². The third kappa shape index (κ3) is 3.89. The molecule has 1 N–H and O–H groups in total. The van der Waals surface area contributed by atoms with E-state index in [-0.39, 0.29) is 17.5 Å². The number of ketones is 2. The molecule has 0 bridgehead atoms. The molecule has 0 unspecified atom stereocenters. The van der Waals surface area contributed by atoms with Crippen molar-refractivity contribution in [3.8, 4) is 11.5 Å². The van der Waals surface area contributed by atoms with E-state index in [0.717, 1.165) is 15.7 Å². The first-order valence-corrected chi connectivity index (χ1v) is 14.7. The van der Waals surface area contributed by atoms with E-state index in [4.69, 9.17) is 9.47 Å². The molecule has 4 aromatic carbocycles. The van der Waals surface area contributed by atoms with Crippen molar-refractivity contribution in [3.63, 3.8) is 0 Å². The van der Waals surface area contributed by atoms with Crippen LogP contribution >= 0.6 is 15.9 Å². The zero-order chi connectivity index (χ0) is 29.9. The van der Waals surface area contributed by atoms with E-state index >= 15 is 4.79 Å². The van der Waals surface area contributed by atoms with Crippen LogP contribution in [0.25, 0.3) is 6.08 Å². The number of fused-ring (bicyclic) bond motifs is 6. The first-order valence-electron chi connectivity index (χ1n) is 13.9. The van der Waals surface area contributed by atoms with Crippen molar-refractivity contribution in [2.75, 3.05) is 24.4 Å². The van der Waals surface area contributed by atoms with Crippen LogP contribution in [-0.4, -0.2) is 43.8 Å². The molecule has 7 nitrogen and oxygen atoms in total. The molecule has 3 aliphatic heterocycles. The zero-order valence-corrected chi connectivity index (χ0v) is 25.0. The maximum Gasteiger partial charge on any atom is 0.238 e. The van der Waals surface area contributed by atoms with Gasteiger partial charge in [0.2, 0.25) is 5.91 Å². The number of benzene rings is 4. The Morgan fingerprint density at radius 1 is 0.837 bits per heavy atom. The summed E-state index contributed by atoms with van der Waals surface area (Å²) in [5.41, 5.74) is 2.43. The molecule has 0 aromatic heterocycles.